The fraction of sp³-hybridized carbons (Fsp3) is 0.400. The van der Waals surface area contributed by atoms with Gasteiger partial charge < -0.3 is 72.3 Å². The number of methoxy groups -OCH3 is 4. The number of amides is 2. The molecule has 146 heavy (non-hydrogen) atoms. The van der Waals surface area contributed by atoms with Crippen molar-refractivity contribution >= 4 is 41.6 Å². The van der Waals surface area contributed by atoms with E-state index in [2.05, 4.69) is 125 Å². The molecule has 0 bridgehead atoms. The Morgan fingerprint density at radius 1 is 0.349 bits per heavy atom. The van der Waals surface area contributed by atoms with Crippen molar-refractivity contribution in [2.45, 2.75) is 149 Å². The summed E-state index contributed by atoms with van der Waals surface area (Å²) in [5, 5.41) is 69.7. The van der Waals surface area contributed by atoms with Gasteiger partial charge in [-0.15, -0.1) is 61.2 Å². The molecule has 4 aromatic carbocycles. The van der Waals surface area contributed by atoms with Crippen LogP contribution in [0.5, 0.6) is 46.5 Å². The van der Waals surface area contributed by atoms with E-state index in [0.29, 0.717) is 175 Å². The lowest BCUT2D eigenvalue weighted by Gasteiger charge is -2.33. The van der Waals surface area contributed by atoms with Crippen LogP contribution in [0.3, 0.4) is 0 Å². The molecule has 2 N–H and O–H groups in total. The van der Waals surface area contributed by atoms with Gasteiger partial charge in [-0.25, -0.2) is 49.5 Å². The monoisotopic (exact) mass is 1990 g/mol. The van der Waals surface area contributed by atoms with Crippen molar-refractivity contribution in [2.75, 3.05) is 101 Å². The van der Waals surface area contributed by atoms with E-state index in [-0.39, 0.29) is 24.5 Å². The summed E-state index contributed by atoms with van der Waals surface area (Å²) in [6, 6.07) is 46.4. The van der Waals surface area contributed by atoms with Crippen LogP contribution in [0.15, 0.2) is 195 Å². The van der Waals surface area contributed by atoms with E-state index in [4.69, 9.17) is 52.5 Å². The number of ether oxygens (including phenoxy) is 9. The number of hydrogen-bond acceptors (Lipinski definition) is 35. The smallest absolute Gasteiger partial charge is 0.410 e. The maximum atomic E-state index is 12.3. The van der Waals surface area contributed by atoms with Gasteiger partial charge in [-0.05, 0) is 208 Å². The quantitative estimate of drug-likeness (QED) is 0.0508. The Balaban J connectivity index is 0.000000140. The van der Waals surface area contributed by atoms with Gasteiger partial charge in [0, 0.05) is 105 Å². The number of carbonyl (C=O) groups excluding carboxylic acids is 3. The number of carbonyl (C=O) groups is 3. The van der Waals surface area contributed by atoms with Crippen LogP contribution in [0.4, 0.5) is 9.59 Å². The van der Waals surface area contributed by atoms with Gasteiger partial charge in [0.2, 0.25) is 23.5 Å². The average Bonchev–Trinajstić information content (AvgIpc) is 1.68. The predicted molar refractivity (Wildman–Crippen MR) is 541 cm³/mol. The van der Waals surface area contributed by atoms with Crippen LogP contribution in [0, 0.1) is 23.7 Å². The molecule has 3 saturated heterocycles. The third-order valence-electron chi connectivity index (χ3n) is 24.6. The molecule has 3 aliphatic heterocycles. The number of aliphatic hydroxyl groups excluding tert-OH is 1. The van der Waals surface area contributed by atoms with E-state index in [9.17, 15) is 14.7 Å². The van der Waals surface area contributed by atoms with Crippen LogP contribution in [0.25, 0.3) is 68.1 Å². The SMILES string of the molecule is C=O.CC(C)(C)OC(=O)N1CCC(CO)CC1.COc1ccc2nnc(Cc3cccc(-c4ncc(O)cn4)c3)n2n1.COc1ccc2nnc(Cc3cccc(-c4ncc(OCC5CCCCC5)cn4)c3)n2n1.COc1ccc2nnc(Cc3cccc(-c4ncc(OCC5CCN(C(=O)OC(C)(C)C)CC5)cn4)c3)n2n1.COc1ccc2nnc(Cc3cccc(-c4ncc(OCC5CCN(C)CC5)cn4)c3)n2n1. The van der Waals surface area contributed by atoms with Gasteiger partial charge in [0.25, 0.3) is 0 Å². The number of benzene rings is 4. The highest BCUT2D eigenvalue weighted by molar-refractivity contribution is 5.69. The van der Waals surface area contributed by atoms with Crippen LogP contribution < -0.4 is 33.2 Å². The van der Waals surface area contributed by atoms with Gasteiger partial charge in [-0.2, -0.15) is 18.1 Å². The number of fused-ring (bicyclic) bond motifs is 4. The summed E-state index contributed by atoms with van der Waals surface area (Å²) >= 11 is 0. The van der Waals surface area contributed by atoms with Crippen molar-refractivity contribution < 1.29 is 67.2 Å². The van der Waals surface area contributed by atoms with Crippen LogP contribution >= 0.6 is 0 Å². The Kier molecular flexibility index (Phi) is 35.9. The molecule has 2 amide bonds. The second-order valence-electron chi connectivity index (χ2n) is 37.7. The van der Waals surface area contributed by atoms with Gasteiger partial charge in [-0.1, -0.05) is 92.1 Å². The maximum Gasteiger partial charge on any atom is 0.410 e. The summed E-state index contributed by atoms with van der Waals surface area (Å²) in [6.45, 7) is 20.5. The number of likely N-dealkylation sites (tertiary alicyclic amines) is 3. The van der Waals surface area contributed by atoms with E-state index in [1.807, 2.05) is 158 Å². The molecule has 0 radical (unpaired) electrons. The van der Waals surface area contributed by atoms with E-state index in [1.165, 1.54) is 57.3 Å². The molecule has 16 aromatic rings. The van der Waals surface area contributed by atoms with Crippen molar-refractivity contribution in [1.82, 2.24) is 134 Å². The molecule has 0 unspecified atom stereocenters. The summed E-state index contributed by atoms with van der Waals surface area (Å²) in [4.78, 5) is 73.2. The van der Waals surface area contributed by atoms with Crippen molar-refractivity contribution in [3.05, 3.63) is 241 Å². The zero-order valence-corrected chi connectivity index (χ0v) is 84.0. The second kappa shape index (κ2) is 50.2. The van der Waals surface area contributed by atoms with Crippen LogP contribution in [-0.4, -0.2) is 275 Å². The Morgan fingerprint density at radius 2 is 0.616 bits per heavy atom. The lowest BCUT2D eigenvalue weighted by molar-refractivity contribution is -0.0980. The largest absolute Gasteiger partial charge is 0.505 e. The van der Waals surface area contributed by atoms with Crippen LogP contribution in [-0.2, 0) is 40.0 Å². The zero-order chi connectivity index (χ0) is 102. The molecule has 12 aromatic heterocycles. The summed E-state index contributed by atoms with van der Waals surface area (Å²) in [7, 11) is 8.50. The minimum Gasteiger partial charge on any atom is -0.505 e. The van der Waals surface area contributed by atoms with Crippen LogP contribution in [0.1, 0.15) is 158 Å². The predicted octanol–water partition coefficient (Wildman–Crippen LogP) is 14.6. The summed E-state index contributed by atoms with van der Waals surface area (Å²) in [5.41, 5.74) is 9.61. The van der Waals surface area contributed by atoms with E-state index in [1.54, 1.807) is 118 Å². The summed E-state index contributed by atoms with van der Waals surface area (Å²) < 4.78 is 56.2. The molecule has 1 aliphatic carbocycles. The van der Waals surface area contributed by atoms with Gasteiger partial charge in [0.1, 0.15) is 18.0 Å². The van der Waals surface area contributed by atoms with E-state index >= 15 is 0 Å². The lowest BCUT2D eigenvalue weighted by atomic mass is 9.90. The molecule has 762 valence electrons. The molecule has 41 heteroatoms. The van der Waals surface area contributed by atoms with Crippen molar-refractivity contribution in [3.63, 3.8) is 0 Å². The third-order valence-corrected chi connectivity index (χ3v) is 24.6. The molecule has 15 heterocycles. The first-order chi connectivity index (χ1) is 70.9. The fourth-order valence-corrected chi connectivity index (χ4v) is 16.7. The minimum absolute atomic E-state index is 0.0369. The first kappa shape index (κ1) is 104. The Bertz CT molecular complexity index is 6900. The molecule has 20 rings (SSSR count). The van der Waals surface area contributed by atoms with E-state index in [0.717, 1.165) is 114 Å². The van der Waals surface area contributed by atoms with Crippen LogP contribution in [0.2, 0.25) is 0 Å². The number of hydrogen-bond donors (Lipinski definition) is 2. The van der Waals surface area contributed by atoms with Gasteiger partial charge in [0.15, 0.2) is 92.2 Å². The Morgan fingerprint density at radius 3 is 0.890 bits per heavy atom. The second-order valence-corrected chi connectivity index (χ2v) is 37.7. The van der Waals surface area contributed by atoms with Gasteiger partial charge in [0.05, 0.1) is 97.8 Å². The average molecular weight is 1990 g/mol. The fourth-order valence-electron chi connectivity index (χ4n) is 16.7. The summed E-state index contributed by atoms with van der Waals surface area (Å²) in [5.74, 6) is 11.5. The molecular weight excluding hydrogens is 1860 g/mol. The van der Waals surface area contributed by atoms with Crippen molar-refractivity contribution in [3.8, 4) is 92.1 Å². The topological polar surface area (TPSA) is 460 Å². The number of rotatable bonds is 26. The maximum absolute atomic E-state index is 12.3. The number of aromatic hydroxyl groups is 1. The number of aromatic nitrogens is 24. The highest BCUT2D eigenvalue weighted by Crippen LogP contribution is 2.31. The van der Waals surface area contributed by atoms with E-state index < -0.39 is 11.2 Å². The molecule has 4 aliphatic rings. The normalized spacial score (nSPS) is 14.3. The van der Waals surface area contributed by atoms with Crippen molar-refractivity contribution in [1.29, 1.82) is 0 Å². The van der Waals surface area contributed by atoms with Gasteiger partial charge >= 0.3 is 12.2 Å². The molecule has 0 atom stereocenters. The number of nitrogens with zero attached hydrogens (tertiary/aromatic N) is 27. The van der Waals surface area contributed by atoms with Crippen molar-refractivity contribution in [2.24, 2.45) is 23.7 Å². The zero-order valence-electron chi connectivity index (χ0n) is 84.0. The highest BCUT2D eigenvalue weighted by atomic mass is 16.6. The van der Waals surface area contributed by atoms with Gasteiger partial charge in [-0.3, -0.25) is 0 Å². The highest BCUT2D eigenvalue weighted by Gasteiger charge is 2.30. The standard InChI is InChI=1S/C28H33N7O4.C24H27N7O2.C24H26N6O2.C17H14N6O2.C11H21NO3.CH2O/c1-28(2,3)39-27(36)34-12-10-19(11-13-34)18-38-22-16-29-26(30-17-22)21-7-5-6-20(14-21)15-24-32-31-23-8-9-25(37-4)33-35(23)24;1-30-10-8-17(9-11-30)16-33-20-14-25-24(26-15-20)19-5-3-4-18(12-19)13-22-28-27-21-6-7-23(32-2)29-31(21)22;1-31-23-11-10-21-27-28-22(30(21)29-23)13-18-8-5-9-19(12-18)24-25-14-20(15-26-24)32-16-17-6-3-2-4-7-17;1-25-16-6-5-14-20-21-15(23(14)22-16)8-11-3-2-4-12(7-11)17-18-9-13(24)10-19-17;1-11(2,3)15-10(14)12-6-4-9(8-13)5-7-12;1-2/h5-9,14,16-17,19H,10-13,15,18H2,1-4H3;3-7,12,14-15,17H,8-11,13,16H2,1-2H3;5,8-12,14-15,17H,2-4,6-7,13,16H2,1H3;2-7,9-10,24H,8H2,1H3;9,13H,4-8H2,1-3H3;1H2. The molecule has 1 saturated carbocycles. The first-order valence-electron chi connectivity index (χ1n) is 48.7. The first-order valence-corrected chi connectivity index (χ1v) is 48.7. The number of piperidine rings is 3. The Hall–Kier alpha value is -16.1. The molecule has 0 spiro atoms. The molecule has 4 fully saturated rings. The molecule has 41 nitrogen and oxygen atoms in total. The molecular formula is C105H123N27O14. The minimum atomic E-state index is -0.483. The number of aliphatic hydroxyl groups is 1. The lowest BCUT2D eigenvalue weighted by Crippen LogP contribution is -2.42. The Labute approximate surface area is 844 Å². The summed E-state index contributed by atoms with van der Waals surface area (Å²) in [6.07, 6.45) is 27.3. The third kappa shape index (κ3) is 29.4.